The predicted molar refractivity (Wildman–Crippen MR) is 73.6 cm³/mol. The number of alkyl halides is 3. The zero-order chi connectivity index (χ0) is 15.8. The zero-order valence-electron chi connectivity index (χ0n) is 11.2. The lowest BCUT2D eigenvalue weighted by atomic mass is 10.1. The zero-order valence-corrected chi connectivity index (χ0v) is 12.8. The van der Waals surface area contributed by atoms with Gasteiger partial charge in [0.15, 0.2) is 0 Å². The van der Waals surface area contributed by atoms with Crippen molar-refractivity contribution >= 4 is 21.6 Å². The number of halogens is 4. The van der Waals surface area contributed by atoms with Gasteiger partial charge in [0.1, 0.15) is 0 Å². The lowest BCUT2D eigenvalue weighted by Gasteiger charge is -2.15. The van der Waals surface area contributed by atoms with Gasteiger partial charge in [-0.3, -0.25) is 0 Å². The molecule has 1 fully saturated rings. The summed E-state index contributed by atoms with van der Waals surface area (Å²) in [5, 5.41) is -0.518. The van der Waals surface area contributed by atoms with Gasteiger partial charge < -0.3 is 0 Å². The van der Waals surface area contributed by atoms with Crippen molar-refractivity contribution in [2.75, 3.05) is 0 Å². The topological polar surface area (TPSA) is 46.2 Å². The molecule has 0 bridgehead atoms. The third-order valence-corrected chi connectivity index (χ3v) is 5.42. The molecule has 0 aliphatic heterocycles. The van der Waals surface area contributed by atoms with E-state index in [0.717, 1.165) is 18.6 Å². The van der Waals surface area contributed by atoms with Gasteiger partial charge >= 0.3 is 6.18 Å². The smallest absolute Gasteiger partial charge is 0.208 e. The monoisotopic (exact) mass is 341 g/mol. The second kappa shape index (κ2) is 5.78. The minimum absolute atomic E-state index is 0.227. The van der Waals surface area contributed by atoms with E-state index in [1.54, 1.807) is 0 Å². The van der Waals surface area contributed by atoms with Gasteiger partial charge in [-0.2, -0.15) is 13.2 Å². The second-order valence-corrected chi connectivity index (χ2v) is 7.50. The predicted octanol–water partition coefficient (Wildman–Crippen LogP) is 3.83. The van der Waals surface area contributed by atoms with Crippen LogP contribution in [-0.4, -0.2) is 14.5 Å². The molecule has 0 amide bonds. The molecule has 0 heterocycles. The molecule has 1 N–H and O–H groups in total. The summed E-state index contributed by atoms with van der Waals surface area (Å²) in [6.45, 7) is 2.01. The van der Waals surface area contributed by atoms with Crippen LogP contribution in [0.1, 0.15) is 31.7 Å². The van der Waals surface area contributed by atoms with Gasteiger partial charge in [-0.05, 0) is 43.4 Å². The van der Waals surface area contributed by atoms with Gasteiger partial charge in [-0.25, -0.2) is 13.1 Å². The van der Waals surface area contributed by atoms with Crippen molar-refractivity contribution < 1.29 is 21.6 Å². The average Bonchev–Trinajstić information content (AvgIpc) is 2.72. The highest BCUT2D eigenvalue weighted by molar-refractivity contribution is 7.89. The van der Waals surface area contributed by atoms with Crippen molar-refractivity contribution in [3.05, 3.63) is 28.8 Å². The summed E-state index contributed by atoms with van der Waals surface area (Å²) >= 11 is 5.49. The van der Waals surface area contributed by atoms with Crippen LogP contribution < -0.4 is 4.72 Å². The molecule has 1 aliphatic rings. The van der Waals surface area contributed by atoms with Crippen molar-refractivity contribution in [2.45, 2.75) is 43.3 Å². The Morgan fingerprint density at radius 3 is 2.48 bits per heavy atom. The van der Waals surface area contributed by atoms with Crippen LogP contribution in [-0.2, 0) is 16.2 Å². The summed E-state index contributed by atoms with van der Waals surface area (Å²) in [7, 11) is -3.98. The number of hydrogen-bond acceptors (Lipinski definition) is 2. The van der Waals surface area contributed by atoms with E-state index in [4.69, 9.17) is 11.6 Å². The Balaban J connectivity index is 2.28. The number of nitrogens with one attached hydrogen (secondary N) is 1. The van der Waals surface area contributed by atoms with E-state index >= 15 is 0 Å². The number of benzene rings is 1. The van der Waals surface area contributed by atoms with Gasteiger partial charge in [-0.15, -0.1) is 0 Å². The van der Waals surface area contributed by atoms with Crippen molar-refractivity contribution in [1.82, 2.24) is 4.72 Å². The van der Waals surface area contributed by atoms with E-state index in [2.05, 4.69) is 4.72 Å². The van der Waals surface area contributed by atoms with Crippen LogP contribution in [0.4, 0.5) is 13.2 Å². The highest BCUT2D eigenvalue weighted by Crippen LogP contribution is 2.36. The van der Waals surface area contributed by atoms with Crippen LogP contribution in [0.2, 0.25) is 5.02 Å². The van der Waals surface area contributed by atoms with Crippen LogP contribution in [0, 0.1) is 5.92 Å². The maximum Gasteiger partial charge on any atom is 0.417 e. The quantitative estimate of drug-likeness (QED) is 0.908. The standard InChI is InChI=1S/C13H15ClF3NO2S/c1-8-2-3-9(6-8)18-21(19,20)10-4-5-12(14)11(7-10)13(15,16)17/h4-5,7-9,18H,2-3,6H2,1H3. The molecule has 0 aromatic heterocycles. The molecule has 0 saturated heterocycles. The molecule has 1 aliphatic carbocycles. The Morgan fingerprint density at radius 2 is 1.95 bits per heavy atom. The maximum atomic E-state index is 12.8. The minimum Gasteiger partial charge on any atom is -0.208 e. The van der Waals surface area contributed by atoms with Crippen LogP contribution >= 0.6 is 11.6 Å². The maximum absolute atomic E-state index is 12.8. The molecule has 2 atom stereocenters. The summed E-state index contributed by atoms with van der Waals surface area (Å²) in [4.78, 5) is -0.418. The van der Waals surface area contributed by atoms with Gasteiger partial charge in [0, 0.05) is 6.04 Å². The van der Waals surface area contributed by atoms with E-state index < -0.39 is 31.7 Å². The van der Waals surface area contributed by atoms with Crippen LogP contribution in [0.15, 0.2) is 23.1 Å². The van der Waals surface area contributed by atoms with Crippen LogP contribution in [0.5, 0.6) is 0 Å². The first-order valence-electron chi connectivity index (χ1n) is 6.48. The molecule has 1 aromatic rings. The fourth-order valence-corrected chi connectivity index (χ4v) is 4.02. The molecule has 1 saturated carbocycles. The fourth-order valence-electron chi connectivity index (χ4n) is 2.49. The fraction of sp³-hybridized carbons (Fsp3) is 0.538. The normalized spacial score (nSPS) is 23.5. The van der Waals surface area contributed by atoms with Crippen molar-refractivity contribution in [2.24, 2.45) is 5.92 Å². The summed E-state index contributed by atoms with van der Waals surface area (Å²) in [5.41, 5.74) is -1.15. The molecular weight excluding hydrogens is 327 g/mol. The highest BCUT2D eigenvalue weighted by atomic mass is 35.5. The number of rotatable bonds is 3. The Bertz CT molecular complexity index is 631. The minimum atomic E-state index is -4.69. The molecule has 2 unspecified atom stereocenters. The first-order valence-corrected chi connectivity index (χ1v) is 8.35. The van der Waals surface area contributed by atoms with Gasteiger partial charge in [0.25, 0.3) is 0 Å². The largest absolute Gasteiger partial charge is 0.417 e. The lowest BCUT2D eigenvalue weighted by molar-refractivity contribution is -0.137. The van der Waals surface area contributed by atoms with Crippen molar-refractivity contribution in [3.63, 3.8) is 0 Å². The molecular formula is C13H15ClF3NO2S. The molecule has 21 heavy (non-hydrogen) atoms. The summed E-state index contributed by atoms with van der Waals surface area (Å²) in [6.07, 6.45) is -2.40. The third-order valence-electron chi connectivity index (χ3n) is 3.57. The molecule has 118 valence electrons. The van der Waals surface area contributed by atoms with E-state index in [1.807, 2.05) is 6.92 Å². The molecule has 2 rings (SSSR count). The second-order valence-electron chi connectivity index (χ2n) is 5.38. The summed E-state index contributed by atoms with van der Waals surface area (Å²) in [5.74, 6) is 0.411. The van der Waals surface area contributed by atoms with E-state index in [9.17, 15) is 21.6 Å². The third kappa shape index (κ3) is 3.90. The molecule has 3 nitrogen and oxygen atoms in total. The Morgan fingerprint density at radius 1 is 1.29 bits per heavy atom. The lowest BCUT2D eigenvalue weighted by Crippen LogP contribution is -2.33. The van der Waals surface area contributed by atoms with E-state index in [1.165, 1.54) is 0 Å². The average molecular weight is 342 g/mol. The molecule has 0 radical (unpaired) electrons. The SMILES string of the molecule is CC1CCC(NS(=O)(=O)c2ccc(Cl)c(C(F)(F)F)c2)C1. The van der Waals surface area contributed by atoms with Crippen molar-refractivity contribution in [3.8, 4) is 0 Å². The Hall–Kier alpha value is -0.790. The van der Waals surface area contributed by atoms with Gasteiger partial charge in [-0.1, -0.05) is 18.5 Å². The van der Waals surface area contributed by atoms with Gasteiger partial charge in [0.05, 0.1) is 15.5 Å². The van der Waals surface area contributed by atoms with Gasteiger partial charge in [0.2, 0.25) is 10.0 Å². The number of hydrogen-bond donors (Lipinski definition) is 1. The Labute approximate surface area is 126 Å². The Kier molecular flexibility index (Phi) is 4.56. The molecule has 1 aromatic carbocycles. The first kappa shape index (κ1) is 16.6. The van der Waals surface area contributed by atoms with Crippen LogP contribution in [0.25, 0.3) is 0 Å². The highest BCUT2D eigenvalue weighted by Gasteiger charge is 2.35. The first-order chi connectivity index (χ1) is 9.59. The van der Waals surface area contributed by atoms with E-state index in [-0.39, 0.29) is 6.04 Å². The van der Waals surface area contributed by atoms with Crippen molar-refractivity contribution in [1.29, 1.82) is 0 Å². The summed E-state index contributed by atoms with van der Waals surface area (Å²) in [6, 6.07) is 2.38. The van der Waals surface area contributed by atoms with Crippen LogP contribution in [0.3, 0.4) is 0 Å². The molecule has 8 heteroatoms. The van der Waals surface area contributed by atoms with E-state index in [0.29, 0.717) is 24.8 Å². The summed E-state index contributed by atoms with van der Waals surface area (Å²) < 4.78 is 65.1. The number of sulfonamides is 1. The molecule has 0 spiro atoms.